The molecule has 1 saturated heterocycles. The first-order valence-electron chi connectivity index (χ1n) is 10.6. The number of nitrogens with zero attached hydrogens (tertiary/aromatic N) is 1. The first-order valence-corrected chi connectivity index (χ1v) is 10.6. The molecule has 3 amide bonds. The number of nitrogens with one attached hydrogen (secondary N) is 1. The number of imide groups is 1. The monoisotopic (exact) mass is 418 g/mol. The van der Waals surface area contributed by atoms with Gasteiger partial charge in [-0.1, -0.05) is 26.7 Å². The second-order valence-electron chi connectivity index (χ2n) is 7.83. The number of amides is 3. The van der Waals surface area contributed by atoms with Crippen LogP contribution in [0.4, 0.5) is 4.79 Å². The lowest BCUT2D eigenvalue weighted by Crippen LogP contribution is -2.54. The minimum Gasteiger partial charge on any atom is -0.494 e. The van der Waals surface area contributed by atoms with Gasteiger partial charge in [0.1, 0.15) is 36.8 Å². The van der Waals surface area contributed by atoms with Crippen LogP contribution in [-0.2, 0) is 14.3 Å². The average Bonchev–Trinajstić information content (AvgIpc) is 2.97. The van der Waals surface area contributed by atoms with Gasteiger partial charge in [0.15, 0.2) is 0 Å². The lowest BCUT2D eigenvalue weighted by Gasteiger charge is -2.36. The van der Waals surface area contributed by atoms with E-state index in [2.05, 4.69) is 5.32 Å². The van der Waals surface area contributed by atoms with Crippen molar-refractivity contribution in [2.75, 3.05) is 26.4 Å². The number of urea groups is 1. The summed E-state index contributed by atoms with van der Waals surface area (Å²) < 4.78 is 16.2. The fraction of sp³-hybridized carbons (Fsp3) is 0.591. The Labute approximate surface area is 176 Å². The standard InChI is InChI=1S/C22H30N2O6/c1-3-12-28-17-7-9-18(10-8-17)29-13-14-30-19(25)15-24-20(26)22(23-21(24)27)11-5-4-6-16(22)2/h7-10,16H,3-6,11-15H2,1-2H3,(H,23,27)/t16-,22-/m0/s1. The van der Waals surface area contributed by atoms with E-state index in [1.807, 2.05) is 26.0 Å². The number of esters is 1. The average molecular weight is 418 g/mol. The molecule has 1 heterocycles. The molecule has 2 atom stereocenters. The molecule has 0 aromatic heterocycles. The summed E-state index contributed by atoms with van der Waals surface area (Å²) in [6, 6.07) is 6.68. The minimum atomic E-state index is -0.869. The van der Waals surface area contributed by atoms with Gasteiger partial charge in [0.05, 0.1) is 6.61 Å². The van der Waals surface area contributed by atoms with Crippen LogP contribution in [0, 0.1) is 5.92 Å². The number of rotatable bonds is 9. The largest absolute Gasteiger partial charge is 0.494 e. The highest BCUT2D eigenvalue weighted by molar-refractivity contribution is 6.08. The van der Waals surface area contributed by atoms with E-state index in [1.54, 1.807) is 12.1 Å². The number of hydrogen-bond acceptors (Lipinski definition) is 6. The Hall–Kier alpha value is -2.77. The molecule has 1 N–H and O–H groups in total. The van der Waals surface area contributed by atoms with Gasteiger partial charge in [-0.2, -0.15) is 0 Å². The van der Waals surface area contributed by atoms with Gasteiger partial charge in [-0.3, -0.25) is 14.5 Å². The predicted octanol–water partition coefficient (Wildman–Crippen LogP) is 2.90. The first-order chi connectivity index (χ1) is 14.5. The van der Waals surface area contributed by atoms with E-state index < -0.39 is 17.5 Å². The van der Waals surface area contributed by atoms with Crippen LogP contribution in [0.2, 0.25) is 0 Å². The highest BCUT2D eigenvalue weighted by Gasteiger charge is 2.55. The maximum atomic E-state index is 12.8. The Morgan fingerprint density at radius 2 is 1.77 bits per heavy atom. The van der Waals surface area contributed by atoms with Crippen molar-refractivity contribution in [3.8, 4) is 11.5 Å². The summed E-state index contributed by atoms with van der Waals surface area (Å²) in [4.78, 5) is 38.2. The van der Waals surface area contributed by atoms with Crippen molar-refractivity contribution in [3.63, 3.8) is 0 Å². The quantitative estimate of drug-likeness (QED) is 0.376. The molecule has 8 nitrogen and oxygen atoms in total. The second kappa shape index (κ2) is 9.82. The summed E-state index contributed by atoms with van der Waals surface area (Å²) in [7, 11) is 0. The van der Waals surface area contributed by atoms with Crippen LogP contribution in [0.5, 0.6) is 11.5 Å². The van der Waals surface area contributed by atoms with Gasteiger partial charge in [-0.15, -0.1) is 0 Å². The lowest BCUT2D eigenvalue weighted by atomic mass is 9.73. The summed E-state index contributed by atoms with van der Waals surface area (Å²) >= 11 is 0. The summed E-state index contributed by atoms with van der Waals surface area (Å²) in [5.41, 5.74) is -0.869. The van der Waals surface area contributed by atoms with E-state index in [9.17, 15) is 14.4 Å². The van der Waals surface area contributed by atoms with E-state index in [4.69, 9.17) is 14.2 Å². The number of hydrogen-bond donors (Lipinski definition) is 1. The van der Waals surface area contributed by atoms with Crippen molar-refractivity contribution < 1.29 is 28.6 Å². The molecule has 1 aliphatic carbocycles. The fourth-order valence-electron chi connectivity index (χ4n) is 3.98. The van der Waals surface area contributed by atoms with Crippen LogP contribution < -0.4 is 14.8 Å². The highest BCUT2D eigenvalue weighted by atomic mass is 16.6. The van der Waals surface area contributed by atoms with Crippen molar-refractivity contribution in [2.24, 2.45) is 5.92 Å². The summed E-state index contributed by atoms with van der Waals surface area (Å²) in [5.74, 6) is 0.506. The highest BCUT2D eigenvalue weighted by Crippen LogP contribution is 2.38. The molecule has 8 heteroatoms. The zero-order valence-corrected chi connectivity index (χ0v) is 17.6. The third-order valence-corrected chi connectivity index (χ3v) is 5.70. The van der Waals surface area contributed by atoms with Gasteiger partial charge < -0.3 is 19.5 Å². The molecule has 30 heavy (non-hydrogen) atoms. The Balaban J connectivity index is 1.41. The van der Waals surface area contributed by atoms with E-state index in [0.717, 1.165) is 36.3 Å². The van der Waals surface area contributed by atoms with Crippen molar-refractivity contribution in [1.82, 2.24) is 10.2 Å². The van der Waals surface area contributed by atoms with Crippen LogP contribution in [0.1, 0.15) is 46.0 Å². The zero-order chi connectivity index (χ0) is 21.6. The predicted molar refractivity (Wildman–Crippen MR) is 109 cm³/mol. The minimum absolute atomic E-state index is 0.0259. The summed E-state index contributed by atoms with van der Waals surface area (Å²) in [6.07, 6.45) is 4.36. The third-order valence-electron chi connectivity index (χ3n) is 5.70. The van der Waals surface area contributed by atoms with E-state index in [-0.39, 0.29) is 31.6 Å². The topological polar surface area (TPSA) is 94.2 Å². The van der Waals surface area contributed by atoms with Crippen molar-refractivity contribution in [3.05, 3.63) is 24.3 Å². The number of carbonyl (C=O) groups is 3. The van der Waals surface area contributed by atoms with Crippen LogP contribution in [-0.4, -0.2) is 54.7 Å². The Morgan fingerprint density at radius 1 is 1.10 bits per heavy atom. The molecule has 0 radical (unpaired) electrons. The smallest absolute Gasteiger partial charge is 0.326 e. The molecular weight excluding hydrogens is 388 g/mol. The van der Waals surface area contributed by atoms with Gasteiger partial charge >= 0.3 is 12.0 Å². The number of carbonyl (C=O) groups excluding carboxylic acids is 3. The van der Waals surface area contributed by atoms with Crippen molar-refractivity contribution in [2.45, 2.75) is 51.5 Å². The summed E-state index contributed by atoms with van der Waals surface area (Å²) in [6.45, 7) is 4.48. The Kier molecular flexibility index (Phi) is 7.18. The molecular formula is C22H30N2O6. The molecule has 1 spiro atoms. The van der Waals surface area contributed by atoms with Crippen LogP contribution in [0.15, 0.2) is 24.3 Å². The maximum Gasteiger partial charge on any atom is 0.326 e. The van der Waals surface area contributed by atoms with E-state index >= 15 is 0 Å². The Morgan fingerprint density at radius 3 is 2.40 bits per heavy atom. The van der Waals surface area contributed by atoms with E-state index in [0.29, 0.717) is 18.8 Å². The SMILES string of the molecule is CCCOc1ccc(OCCOC(=O)CN2C(=O)N[C@]3(CCCC[C@@H]3C)C2=O)cc1. The van der Waals surface area contributed by atoms with Gasteiger partial charge in [0.25, 0.3) is 5.91 Å². The molecule has 0 unspecified atom stereocenters. The Bertz CT molecular complexity index is 765. The van der Waals surface area contributed by atoms with E-state index in [1.165, 1.54) is 0 Å². The van der Waals surface area contributed by atoms with Crippen molar-refractivity contribution >= 4 is 17.9 Å². The molecule has 2 aliphatic rings. The number of ether oxygens (including phenoxy) is 3. The first kappa shape index (κ1) is 21.9. The lowest BCUT2D eigenvalue weighted by molar-refractivity contribution is -0.149. The number of benzene rings is 1. The van der Waals surface area contributed by atoms with Crippen LogP contribution in [0.25, 0.3) is 0 Å². The van der Waals surface area contributed by atoms with Gasteiger partial charge in [0.2, 0.25) is 0 Å². The van der Waals surface area contributed by atoms with Crippen LogP contribution >= 0.6 is 0 Å². The molecule has 0 bridgehead atoms. The summed E-state index contributed by atoms with van der Waals surface area (Å²) in [5, 5.41) is 2.82. The second-order valence-corrected chi connectivity index (χ2v) is 7.83. The van der Waals surface area contributed by atoms with Gasteiger partial charge in [0, 0.05) is 0 Å². The van der Waals surface area contributed by atoms with Crippen molar-refractivity contribution in [1.29, 1.82) is 0 Å². The molecule has 164 valence electrons. The molecule has 1 saturated carbocycles. The molecule has 1 aromatic rings. The maximum absolute atomic E-state index is 12.8. The van der Waals surface area contributed by atoms with Gasteiger partial charge in [-0.05, 0) is 49.4 Å². The van der Waals surface area contributed by atoms with Crippen LogP contribution in [0.3, 0.4) is 0 Å². The van der Waals surface area contributed by atoms with Gasteiger partial charge in [-0.25, -0.2) is 4.79 Å². The molecule has 1 aliphatic heterocycles. The fourth-order valence-corrected chi connectivity index (χ4v) is 3.98. The molecule has 1 aromatic carbocycles. The normalized spacial score (nSPS) is 23.4. The molecule has 2 fully saturated rings. The third kappa shape index (κ3) is 4.86. The zero-order valence-electron chi connectivity index (χ0n) is 17.6. The molecule has 3 rings (SSSR count).